The first-order chi connectivity index (χ1) is 8.00. The van der Waals surface area contributed by atoms with Crippen molar-refractivity contribution < 1.29 is 0 Å². The van der Waals surface area contributed by atoms with Gasteiger partial charge in [0, 0.05) is 17.6 Å². The molecule has 1 heterocycles. The van der Waals surface area contributed by atoms with Gasteiger partial charge >= 0.3 is 0 Å². The minimum atomic E-state index is 0.0254. The second kappa shape index (κ2) is 4.82. The maximum absolute atomic E-state index is 11.9. The highest BCUT2D eigenvalue weighted by Gasteiger charge is 2.08. The van der Waals surface area contributed by atoms with Crippen LogP contribution in [0.15, 0.2) is 35.1 Å². The Bertz CT molecular complexity index is 634. The molecule has 0 saturated heterocycles. The molecule has 0 saturated carbocycles. The summed E-state index contributed by atoms with van der Waals surface area (Å²) in [4.78, 5) is 11.9. The van der Waals surface area contributed by atoms with E-state index in [1.165, 1.54) is 0 Å². The van der Waals surface area contributed by atoms with Gasteiger partial charge in [0.25, 0.3) is 5.56 Å². The lowest BCUT2D eigenvalue weighted by molar-refractivity contribution is 0.862. The van der Waals surface area contributed by atoms with Gasteiger partial charge in [-0.15, -0.1) is 0 Å². The van der Waals surface area contributed by atoms with E-state index in [0.29, 0.717) is 5.02 Å². The first-order valence-corrected chi connectivity index (χ1v) is 6.58. The van der Waals surface area contributed by atoms with E-state index in [9.17, 15) is 4.79 Å². The van der Waals surface area contributed by atoms with E-state index in [4.69, 9.17) is 11.6 Å². The van der Waals surface area contributed by atoms with Crippen molar-refractivity contribution in [3.8, 4) is 11.3 Å². The molecule has 0 fully saturated rings. The van der Waals surface area contributed by atoms with E-state index in [-0.39, 0.29) is 5.56 Å². The fourth-order valence-electron chi connectivity index (χ4n) is 1.79. The van der Waals surface area contributed by atoms with Crippen LogP contribution >= 0.6 is 34.2 Å². The molecule has 0 bridgehead atoms. The van der Waals surface area contributed by atoms with Crippen LogP contribution < -0.4 is 5.56 Å². The molecule has 0 aliphatic carbocycles. The lowest BCUT2D eigenvalue weighted by Gasteiger charge is -2.11. The first kappa shape index (κ1) is 12.6. The zero-order valence-electron chi connectivity index (χ0n) is 9.50. The molecule has 0 radical (unpaired) electrons. The van der Waals surface area contributed by atoms with E-state index in [2.05, 4.69) is 0 Å². The molecule has 4 heteroatoms. The third kappa shape index (κ3) is 2.40. The molecule has 0 unspecified atom stereocenters. The maximum atomic E-state index is 11.9. The lowest BCUT2D eigenvalue weighted by Crippen LogP contribution is -2.20. The maximum Gasteiger partial charge on any atom is 0.264 e. The smallest absolute Gasteiger partial charge is 0.264 e. The predicted molar refractivity (Wildman–Crippen MR) is 79.6 cm³/mol. The van der Waals surface area contributed by atoms with Crippen LogP contribution in [0.1, 0.15) is 5.56 Å². The van der Waals surface area contributed by atoms with Crippen molar-refractivity contribution in [1.29, 1.82) is 0 Å². The Labute approximate surface area is 118 Å². The van der Waals surface area contributed by atoms with Crippen LogP contribution in [-0.4, -0.2) is 4.57 Å². The Hall–Kier alpha value is -0.810. The standard InChI is InChI=1S/C13H11ClINO/c1-8-7-9(14)3-4-10(8)12-6-5-11(15)13(17)16(12)2/h3-7H,1-2H3. The molecule has 0 atom stereocenters. The average molecular weight is 360 g/mol. The number of nitrogens with zero attached hydrogens (tertiary/aromatic N) is 1. The molecular weight excluding hydrogens is 349 g/mol. The van der Waals surface area contributed by atoms with Crippen LogP contribution in [0.5, 0.6) is 0 Å². The summed E-state index contributed by atoms with van der Waals surface area (Å²) in [5.74, 6) is 0. The fraction of sp³-hybridized carbons (Fsp3) is 0.154. The molecule has 1 aromatic carbocycles. The van der Waals surface area contributed by atoms with Gasteiger partial charge in [-0.25, -0.2) is 0 Å². The summed E-state index contributed by atoms with van der Waals surface area (Å²) >= 11 is 7.98. The highest BCUT2D eigenvalue weighted by Crippen LogP contribution is 2.25. The summed E-state index contributed by atoms with van der Waals surface area (Å²) in [5, 5.41) is 0.710. The van der Waals surface area contributed by atoms with Gasteiger partial charge in [0.1, 0.15) is 0 Å². The molecule has 17 heavy (non-hydrogen) atoms. The molecule has 2 rings (SSSR count). The Balaban J connectivity index is 2.69. The molecule has 0 amide bonds. The summed E-state index contributed by atoms with van der Waals surface area (Å²) in [5.41, 5.74) is 3.03. The fourth-order valence-corrected chi connectivity index (χ4v) is 2.56. The van der Waals surface area contributed by atoms with Gasteiger partial charge in [0.2, 0.25) is 0 Å². The highest BCUT2D eigenvalue weighted by atomic mass is 127. The largest absolute Gasteiger partial charge is 0.310 e. The molecule has 2 nitrogen and oxygen atoms in total. The molecule has 1 aromatic heterocycles. The number of hydrogen-bond acceptors (Lipinski definition) is 1. The van der Waals surface area contributed by atoms with E-state index in [0.717, 1.165) is 20.4 Å². The van der Waals surface area contributed by atoms with Gasteiger partial charge in [-0.3, -0.25) is 4.79 Å². The number of halogens is 2. The van der Waals surface area contributed by atoms with E-state index in [1.54, 1.807) is 11.6 Å². The molecule has 0 N–H and O–H groups in total. The van der Waals surface area contributed by atoms with Crippen molar-refractivity contribution in [3.63, 3.8) is 0 Å². The lowest BCUT2D eigenvalue weighted by atomic mass is 10.1. The normalized spacial score (nSPS) is 10.6. The van der Waals surface area contributed by atoms with Gasteiger partial charge in [0.15, 0.2) is 0 Å². The van der Waals surface area contributed by atoms with Crippen molar-refractivity contribution in [3.05, 3.63) is 54.8 Å². The van der Waals surface area contributed by atoms with Crippen LogP contribution in [0.2, 0.25) is 5.02 Å². The Morgan fingerprint density at radius 3 is 2.59 bits per heavy atom. The third-order valence-corrected chi connectivity index (χ3v) is 3.78. The van der Waals surface area contributed by atoms with Gasteiger partial charge < -0.3 is 4.57 Å². The third-order valence-electron chi connectivity index (χ3n) is 2.72. The zero-order chi connectivity index (χ0) is 12.6. The molecule has 2 aromatic rings. The summed E-state index contributed by atoms with van der Waals surface area (Å²) < 4.78 is 2.39. The van der Waals surface area contributed by atoms with Crippen LogP contribution in [0.25, 0.3) is 11.3 Å². The summed E-state index contributed by atoms with van der Waals surface area (Å²) in [6.07, 6.45) is 0. The van der Waals surface area contributed by atoms with Gasteiger partial charge in [-0.2, -0.15) is 0 Å². The zero-order valence-corrected chi connectivity index (χ0v) is 12.4. The number of benzene rings is 1. The second-order valence-corrected chi connectivity index (χ2v) is 5.49. The summed E-state index contributed by atoms with van der Waals surface area (Å²) in [6.45, 7) is 1.99. The number of aryl methyl sites for hydroxylation is 1. The second-order valence-electron chi connectivity index (χ2n) is 3.89. The van der Waals surface area contributed by atoms with Crippen molar-refractivity contribution in [1.82, 2.24) is 4.57 Å². The van der Waals surface area contributed by atoms with Crippen molar-refractivity contribution >= 4 is 34.2 Å². The monoisotopic (exact) mass is 359 g/mol. The average Bonchev–Trinajstić information content (AvgIpc) is 2.28. The van der Waals surface area contributed by atoms with Gasteiger partial charge in [-0.1, -0.05) is 17.7 Å². The minimum absolute atomic E-state index is 0.0254. The van der Waals surface area contributed by atoms with Crippen LogP contribution in [-0.2, 0) is 7.05 Å². The Morgan fingerprint density at radius 2 is 1.94 bits per heavy atom. The summed E-state index contributed by atoms with van der Waals surface area (Å²) in [6, 6.07) is 9.48. The van der Waals surface area contributed by atoms with Gasteiger partial charge in [-0.05, 0) is 59.3 Å². The van der Waals surface area contributed by atoms with Crippen LogP contribution in [0.4, 0.5) is 0 Å². The molecular formula is C13H11ClINO. The van der Waals surface area contributed by atoms with E-state index >= 15 is 0 Å². The topological polar surface area (TPSA) is 22.0 Å². The molecule has 0 aliphatic rings. The number of pyridine rings is 1. The predicted octanol–water partition coefficient (Wildman–Crippen LogP) is 3.62. The summed E-state index contributed by atoms with van der Waals surface area (Å²) in [7, 11) is 1.79. The van der Waals surface area contributed by atoms with E-state index in [1.807, 2.05) is 59.8 Å². The minimum Gasteiger partial charge on any atom is -0.310 e. The molecule has 0 spiro atoms. The van der Waals surface area contributed by atoms with E-state index < -0.39 is 0 Å². The SMILES string of the molecule is Cc1cc(Cl)ccc1-c1ccc(I)c(=O)n1C. The van der Waals surface area contributed by atoms with Gasteiger partial charge in [0.05, 0.1) is 9.26 Å². The quantitative estimate of drug-likeness (QED) is 0.713. The number of rotatable bonds is 1. The first-order valence-electron chi connectivity index (χ1n) is 5.13. The van der Waals surface area contributed by atoms with Crippen LogP contribution in [0, 0.1) is 10.5 Å². The van der Waals surface area contributed by atoms with Crippen molar-refractivity contribution in [2.75, 3.05) is 0 Å². The number of aromatic nitrogens is 1. The highest BCUT2D eigenvalue weighted by molar-refractivity contribution is 14.1. The Kier molecular flexibility index (Phi) is 3.58. The molecule has 88 valence electrons. The van der Waals surface area contributed by atoms with Crippen LogP contribution in [0.3, 0.4) is 0 Å². The molecule has 0 aliphatic heterocycles. The van der Waals surface area contributed by atoms with Crippen molar-refractivity contribution in [2.45, 2.75) is 6.92 Å². The number of hydrogen-bond donors (Lipinski definition) is 0. The van der Waals surface area contributed by atoms with Crippen molar-refractivity contribution in [2.24, 2.45) is 7.05 Å². The Morgan fingerprint density at radius 1 is 1.24 bits per heavy atom.